The summed E-state index contributed by atoms with van der Waals surface area (Å²) in [6.45, 7) is 1.14. The van der Waals surface area contributed by atoms with Crippen molar-refractivity contribution in [1.82, 2.24) is 10.3 Å². The van der Waals surface area contributed by atoms with Gasteiger partial charge in [-0.2, -0.15) is 5.26 Å². The Morgan fingerprint density at radius 2 is 2.35 bits per heavy atom. The van der Waals surface area contributed by atoms with Crippen LogP contribution in [0.3, 0.4) is 0 Å². The Bertz CT molecular complexity index is 498. The molecule has 1 fully saturated rings. The highest BCUT2D eigenvalue weighted by Crippen LogP contribution is 2.35. The number of piperidine rings is 1. The van der Waals surface area contributed by atoms with Crippen molar-refractivity contribution in [3.8, 4) is 6.07 Å². The number of pyridine rings is 1. The summed E-state index contributed by atoms with van der Waals surface area (Å²) in [6, 6.07) is 4.69. The molecule has 2 aliphatic rings. The van der Waals surface area contributed by atoms with Crippen molar-refractivity contribution in [2.75, 3.05) is 6.54 Å². The number of rotatable bonds is 1. The molecule has 1 N–H and O–H groups in total. The predicted octanol–water partition coefficient (Wildman–Crippen LogP) is 2.11. The number of fused-ring (bicyclic) bond motifs is 1. The molecule has 1 aromatic rings. The van der Waals surface area contributed by atoms with E-state index in [2.05, 4.69) is 22.4 Å². The second-order valence-electron chi connectivity index (χ2n) is 4.84. The Kier molecular flexibility index (Phi) is 2.66. The fraction of sp³-hybridized carbons (Fsp3) is 0.429. The zero-order valence-electron chi connectivity index (χ0n) is 9.69. The maximum atomic E-state index is 8.89. The molecule has 2 atom stereocenters. The first-order valence-electron chi connectivity index (χ1n) is 6.16. The van der Waals surface area contributed by atoms with Crippen LogP contribution < -0.4 is 5.32 Å². The molecule has 0 amide bonds. The maximum absolute atomic E-state index is 8.89. The third kappa shape index (κ3) is 1.96. The van der Waals surface area contributed by atoms with E-state index >= 15 is 0 Å². The van der Waals surface area contributed by atoms with Crippen LogP contribution >= 0.6 is 0 Å². The average molecular weight is 225 g/mol. The molecule has 3 rings (SSSR count). The van der Waals surface area contributed by atoms with Gasteiger partial charge in [0.15, 0.2) is 0 Å². The summed E-state index contributed by atoms with van der Waals surface area (Å²) in [5, 5.41) is 12.5. The van der Waals surface area contributed by atoms with Crippen LogP contribution in [-0.4, -0.2) is 17.6 Å². The van der Waals surface area contributed by atoms with Crippen molar-refractivity contribution in [2.24, 2.45) is 5.92 Å². The molecule has 0 radical (unpaired) electrons. The Hall–Kier alpha value is -1.66. The minimum Gasteiger partial charge on any atom is -0.313 e. The van der Waals surface area contributed by atoms with Crippen molar-refractivity contribution in [3.63, 3.8) is 0 Å². The van der Waals surface area contributed by atoms with Crippen LogP contribution in [-0.2, 0) is 0 Å². The first kappa shape index (κ1) is 10.5. The first-order valence-corrected chi connectivity index (χ1v) is 6.16. The number of nitrogens with zero attached hydrogens (tertiary/aromatic N) is 2. The minimum absolute atomic E-state index is 0.601. The lowest BCUT2D eigenvalue weighted by Crippen LogP contribution is -2.37. The summed E-state index contributed by atoms with van der Waals surface area (Å²) in [7, 11) is 0. The summed E-state index contributed by atoms with van der Waals surface area (Å²) >= 11 is 0. The number of nitrogens with one attached hydrogen (secondary N) is 1. The molecule has 0 bridgehead atoms. The second kappa shape index (κ2) is 4.31. The third-order valence-corrected chi connectivity index (χ3v) is 3.73. The molecular formula is C14H15N3. The quantitative estimate of drug-likeness (QED) is 0.796. The van der Waals surface area contributed by atoms with Crippen molar-refractivity contribution < 1.29 is 0 Å². The zero-order chi connectivity index (χ0) is 11.7. The van der Waals surface area contributed by atoms with E-state index in [1.54, 1.807) is 6.20 Å². The van der Waals surface area contributed by atoms with Crippen LogP contribution in [0.15, 0.2) is 24.5 Å². The van der Waals surface area contributed by atoms with Gasteiger partial charge >= 0.3 is 0 Å². The van der Waals surface area contributed by atoms with Gasteiger partial charge in [0.05, 0.1) is 5.56 Å². The smallest absolute Gasteiger partial charge is 0.101 e. The highest BCUT2D eigenvalue weighted by atomic mass is 14.9. The number of hydrogen-bond acceptors (Lipinski definition) is 3. The molecule has 3 heteroatoms. The summed E-state index contributed by atoms with van der Waals surface area (Å²) in [4.78, 5) is 4.13. The van der Waals surface area contributed by atoms with Crippen LogP contribution in [0.5, 0.6) is 0 Å². The molecule has 1 aliphatic carbocycles. The van der Waals surface area contributed by atoms with Gasteiger partial charge in [-0.1, -0.05) is 6.08 Å². The molecule has 1 saturated heterocycles. The van der Waals surface area contributed by atoms with E-state index in [4.69, 9.17) is 5.26 Å². The average Bonchev–Trinajstić information content (AvgIpc) is 2.82. The standard InChI is InChI=1S/C14H15N3/c15-7-10-4-13(9-16-8-10)12-5-11-2-1-3-17-14(11)6-12/h4-5,8-9,11,14,17H,1-3,6H2/t11-,14+/m1/s1. The van der Waals surface area contributed by atoms with Crippen LogP contribution in [0.25, 0.3) is 5.57 Å². The predicted molar refractivity (Wildman–Crippen MR) is 66.1 cm³/mol. The van der Waals surface area contributed by atoms with E-state index < -0.39 is 0 Å². The molecule has 0 spiro atoms. The molecule has 0 unspecified atom stereocenters. The van der Waals surface area contributed by atoms with Crippen molar-refractivity contribution >= 4 is 5.57 Å². The van der Waals surface area contributed by atoms with E-state index in [-0.39, 0.29) is 0 Å². The summed E-state index contributed by atoms with van der Waals surface area (Å²) < 4.78 is 0. The van der Waals surface area contributed by atoms with Crippen molar-refractivity contribution in [2.45, 2.75) is 25.3 Å². The highest BCUT2D eigenvalue weighted by Gasteiger charge is 2.29. The largest absolute Gasteiger partial charge is 0.313 e. The summed E-state index contributed by atoms with van der Waals surface area (Å²) in [5.74, 6) is 0.671. The van der Waals surface area contributed by atoms with E-state index in [0.717, 1.165) is 18.5 Å². The molecule has 3 nitrogen and oxygen atoms in total. The highest BCUT2D eigenvalue weighted by molar-refractivity contribution is 5.69. The molecule has 0 saturated carbocycles. The van der Waals surface area contributed by atoms with E-state index in [1.165, 1.54) is 18.4 Å². The van der Waals surface area contributed by atoms with Gasteiger partial charge in [0.25, 0.3) is 0 Å². The minimum atomic E-state index is 0.601. The molecule has 1 aromatic heterocycles. The monoisotopic (exact) mass is 225 g/mol. The van der Waals surface area contributed by atoms with Gasteiger partial charge in [-0.05, 0) is 48.9 Å². The van der Waals surface area contributed by atoms with Gasteiger partial charge in [-0.15, -0.1) is 0 Å². The van der Waals surface area contributed by atoms with Crippen molar-refractivity contribution in [1.29, 1.82) is 5.26 Å². The van der Waals surface area contributed by atoms with Crippen LogP contribution in [0.2, 0.25) is 0 Å². The molecular weight excluding hydrogens is 210 g/mol. The lowest BCUT2D eigenvalue weighted by atomic mass is 9.94. The second-order valence-corrected chi connectivity index (χ2v) is 4.84. The summed E-state index contributed by atoms with van der Waals surface area (Å²) in [6.07, 6.45) is 9.47. The fourth-order valence-electron chi connectivity index (χ4n) is 2.85. The Morgan fingerprint density at radius 1 is 1.41 bits per heavy atom. The molecule has 86 valence electrons. The van der Waals surface area contributed by atoms with Gasteiger partial charge in [0.1, 0.15) is 6.07 Å². The van der Waals surface area contributed by atoms with Crippen LogP contribution in [0, 0.1) is 17.2 Å². The lowest BCUT2D eigenvalue weighted by Gasteiger charge is -2.25. The number of hydrogen-bond donors (Lipinski definition) is 1. The van der Waals surface area contributed by atoms with Gasteiger partial charge < -0.3 is 5.32 Å². The fourth-order valence-corrected chi connectivity index (χ4v) is 2.85. The molecule has 2 heterocycles. The van der Waals surface area contributed by atoms with E-state index in [1.807, 2.05) is 12.3 Å². The Balaban J connectivity index is 1.87. The van der Waals surface area contributed by atoms with Gasteiger partial charge in [0, 0.05) is 18.4 Å². The van der Waals surface area contributed by atoms with Crippen LogP contribution in [0.4, 0.5) is 0 Å². The zero-order valence-corrected chi connectivity index (χ0v) is 9.69. The molecule has 17 heavy (non-hydrogen) atoms. The van der Waals surface area contributed by atoms with Gasteiger partial charge in [-0.25, -0.2) is 0 Å². The Morgan fingerprint density at radius 3 is 3.18 bits per heavy atom. The maximum Gasteiger partial charge on any atom is 0.101 e. The lowest BCUT2D eigenvalue weighted by molar-refractivity contribution is 0.348. The van der Waals surface area contributed by atoms with E-state index in [9.17, 15) is 0 Å². The van der Waals surface area contributed by atoms with Crippen molar-refractivity contribution in [3.05, 3.63) is 35.7 Å². The first-order chi connectivity index (χ1) is 8.36. The SMILES string of the molecule is N#Cc1cncc(C2=C[C@H]3CCCN[C@H]3C2)c1. The molecule has 0 aromatic carbocycles. The number of nitriles is 1. The number of aromatic nitrogens is 1. The summed E-state index contributed by atoms with van der Waals surface area (Å²) in [5.41, 5.74) is 3.10. The van der Waals surface area contributed by atoms with Crippen LogP contribution in [0.1, 0.15) is 30.4 Å². The normalized spacial score (nSPS) is 27.1. The Labute approximate surface area is 101 Å². The van der Waals surface area contributed by atoms with E-state index in [0.29, 0.717) is 17.5 Å². The molecule has 1 aliphatic heterocycles. The topological polar surface area (TPSA) is 48.7 Å². The van der Waals surface area contributed by atoms with Gasteiger partial charge in [-0.3, -0.25) is 4.98 Å². The van der Waals surface area contributed by atoms with Gasteiger partial charge in [0.2, 0.25) is 0 Å². The third-order valence-electron chi connectivity index (χ3n) is 3.73.